The standard InChI is InChI=1S/C10H13S/c1-2-4-9(5-3-1)10-6-7-11-8-10/h1,6-9H,2-5H2. The molecule has 59 valence electrons. The molecule has 1 aromatic heterocycles. The van der Waals surface area contributed by atoms with E-state index in [0.29, 0.717) is 0 Å². The molecule has 2 rings (SSSR count). The smallest absolute Gasteiger partial charge is 0.00584 e. The van der Waals surface area contributed by atoms with Crippen LogP contribution in [0.2, 0.25) is 0 Å². The molecule has 1 fully saturated rings. The Hall–Kier alpha value is -0.300. The van der Waals surface area contributed by atoms with Crippen molar-refractivity contribution in [2.45, 2.75) is 31.6 Å². The van der Waals surface area contributed by atoms with Crippen LogP contribution in [0.3, 0.4) is 0 Å². The van der Waals surface area contributed by atoms with Gasteiger partial charge in [-0.3, -0.25) is 0 Å². The predicted molar refractivity (Wildman–Crippen MR) is 49.8 cm³/mol. The van der Waals surface area contributed by atoms with Crippen molar-refractivity contribution >= 4 is 11.3 Å². The van der Waals surface area contributed by atoms with Crippen LogP contribution in [0.15, 0.2) is 16.8 Å². The Morgan fingerprint density at radius 3 is 2.73 bits per heavy atom. The molecule has 0 atom stereocenters. The summed E-state index contributed by atoms with van der Waals surface area (Å²) in [6.07, 6.45) is 7.80. The first-order chi connectivity index (χ1) is 5.47. The zero-order valence-corrected chi connectivity index (χ0v) is 7.44. The third kappa shape index (κ3) is 1.64. The van der Waals surface area contributed by atoms with Gasteiger partial charge in [-0.2, -0.15) is 11.3 Å². The van der Waals surface area contributed by atoms with Gasteiger partial charge in [0.2, 0.25) is 0 Å². The summed E-state index contributed by atoms with van der Waals surface area (Å²) in [7, 11) is 0. The summed E-state index contributed by atoms with van der Waals surface area (Å²) in [5.74, 6) is 0.867. The fourth-order valence-electron chi connectivity index (χ4n) is 1.77. The molecule has 0 nitrogen and oxygen atoms in total. The summed E-state index contributed by atoms with van der Waals surface area (Å²) in [5.41, 5.74) is 1.57. The molecule has 1 heteroatoms. The molecule has 0 amide bonds. The molecule has 0 unspecified atom stereocenters. The van der Waals surface area contributed by atoms with Crippen molar-refractivity contribution in [3.63, 3.8) is 0 Å². The zero-order chi connectivity index (χ0) is 7.52. The molecule has 0 spiro atoms. The van der Waals surface area contributed by atoms with E-state index in [2.05, 4.69) is 23.2 Å². The van der Waals surface area contributed by atoms with E-state index in [-0.39, 0.29) is 0 Å². The monoisotopic (exact) mass is 165 g/mol. The molecule has 1 aromatic rings. The largest absolute Gasteiger partial charge is 0.152 e. The molecule has 0 N–H and O–H groups in total. The molecule has 1 heterocycles. The van der Waals surface area contributed by atoms with Gasteiger partial charge in [0.05, 0.1) is 0 Å². The Kier molecular flexibility index (Phi) is 2.27. The topological polar surface area (TPSA) is 0 Å². The Labute approximate surface area is 72.3 Å². The second-order valence-corrected chi connectivity index (χ2v) is 3.98. The van der Waals surface area contributed by atoms with Crippen LogP contribution in [-0.2, 0) is 0 Å². The summed E-state index contributed by atoms with van der Waals surface area (Å²) < 4.78 is 0. The fourth-order valence-corrected chi connectivity index (χ4v) is 2.51. The van der Waals surface area contributed by atoms with E-state index in [1.54, 1.807) is 5.56 Å². The van der Waals surface area contributed by atoms with Crippen LogP contribution in [-0.4, -0.2) is 0 Å². The van der Waals surface area contributed by atoms with Crippen LogP contribution < -0.4 is 0 Å². The van der Waals surface area contributed by atoms with Gasteiger partial charge in [0.25, 0.3) is 0 Å². The highest BCUT2D eigenvalue weighted by Gasteiger charge is 2.14. The van der Waals surface area contributed by atoms with Crippen LogP contribution in [0.5, 0.6) is 0 Å². The minimum atomic E-state index is 0.867. The van der Waals surface area contributed by atoms with Gasteiger partial charge in [-0.1, -0.05) is 0 Å². The molecule has 1 aliphatic carbocycles. The third-order valence-electron chi connectivity index (χ3n) is 2.45. The van der Waals surface area contributed by atoms with Crippen LogP contribution in [0.1, 0.15) is 37.2 Å². The summed E-state index contributed by atoms with van der Waals surface area (Å²) in [6, 6.07) is 2.28. The lowest BCUT2D eigenvalue weighted by Gasteiger charge is -2.20. The van der Waals surface area contributed by atoms with Gasteiger partial charge in [0, 0.05) is 0 Å². The molecule has 0 bridgehead atoms. The first-order valence-corrected chi connectivity index (χ1v) is 5.25. The highest BCUT2D eigenvalue weighted by molar-refractivity contribution is 7.07. The number of hydrogen-bond acceptors (Lipinski definition) is 1. The van der Waals surface area contributed by atoms with Crippen molar-refractivity contribution in [3.8, 4) is 0 Å². The second-order valence-electron chi connectivity index (χ2n) is 3.20. The van der Waals surface area contributed by atoms with Gasteiger partial charge in [-0.05, 0) is 60.4 Å². The van der Waals surface area contributed by atoms with Crippen LogP contribution in [0.25, 0.3) is 0 Å². The summed E-state index contributed by atoms with van der Waals surface area (Å²) in [6.45, 7) is 0. The molecule has 1 aliphatic rings. The van der Waals surface area contributed by atoms with Gasteiger partial charge in [-0.15, -0.1) is 0 Å². The lowest BCUT2D eigenvalue weighted by Crippen LogP contribution is -2.03. The predicted octanol–water partition coefficient (Wildman–Crippen LogP) is 3.61. The van der Waals surface area contributed by atoms with Gasteiger partial charge >= 0.3 is 0 Å². The lowest BCUT2D eigenvalue weighted by atomic mass is 9.85. The number of thiophene rings is 1. The first-order valence-electron chi connectivity index (χ1n) is 4.30. The average molecular weight is 165 g/mol. The number of hydrogen-bond donors (Lipinski definition) is 0. The van der Waals surface area contributed by atoms with Crippen molar-refractivity contribution in [1.82, 2.24) is 0 Å². The summed E-state index contributed by atoms with van der Waals surface area (Å²) in [4.78, 5) is 0. The molecule has 1 saturated carbocycles. The van der Waals surface area contributed by atoms with Crippen molar-refractivity contribution in [2.24, 2.45) is 0 Å². The maximum atomic E-state index is 2.42. The minimum Gasteiger partial charge on any atom is -0.152 e. The van der Waals surface area contributed by atoms with Crippen molar-refractivity contribution in [1.29, 1.82) is 0 Å². The Morgan fingerprint density at radius 2 is 2.09 bits per heavy atom. The van der Waals surface area contributed by atoms with Crippen LogP contribution >= 0.6 is 11.3 Å². The molecular weight excluding hydrogens is 152 g/mol. The van der Waals surface area contributed by atoms with E-state index >= 15 is 0 Å². The third-order valence-corrected chi connectivity index (χ3v) is 3.15. The minimum absolute atomic E-state index is 0.867. The normalized spacial score (nSPS) is 20.4. The molecule has 0 saturated heterocycles. The summed E-state index contributed by atoms with van der Waals surface area (Å²) in [5, 5.41) is 4.49. The van der Waals surface area contributed by atoms with Gasteiger partial charge < -0.3 is 0 Å². The SMILES string of the molecule is [CH]1CCC(c2ccsc2)CC1. The lowest BCUT2D eigenvalue weighted by molar-refractivity contribution is 0.513. The Bertz CT molecular complexity index is 195. The molecule has 0 aromatic carbocycles. The molecule has 0 aliphatic heterocycles. The van der Waals surface area contributed by atoms with E-state index < -0.39 is 0 Å². The second kappa shape index (κ2) is 3.40. The van der Waals surface area contributed by atoms with E-state index in [0.717, 1.165) is 5.92 Å². The van der Waals surface area contributed by atoms with Gasteiger partial charge in [0.1, 0.15) is 0 Å². The Morgan fingerprint density at radius 1 is 1.27 bits per heavy atom. The summed E-state index contributed by atoms with van der Waals surface area (Å²) >= 11 is 1.82. The Balaban J connectivity index is 2.04. The highest BCUT2D eigenvalue weighted by atomic mass is 32.1. The van der Waals surface area contributed by atoms with Gasteiger partial charge in [-0.25, -0.2) is 0 Å². The van der Waals surface area contributed by atoms with Crippen molar-refractivity contribution in [3.05, 3.63) is 28.8 Å². The van der Waals surface area contributed by atoms with Crippen molar-refractivity contribution in [2.75, 3.05) is 0 Å². The van der Waals surface area contributed by atoms with E-state index in [4.69, 9.17) is 0 Å². The maximum Gasteiger partial charge on any atom is -0.00584 e. The first kappa shape index (κ1) is 7.35. The van der Waals surface area contributed by atoms with Gasteiger partial charge in [0.15, 0.2) is 0 Å². The highest BCUT2D eigenvalue weighted by Crippen LogP contribution is 2.32. The van der Waals surface area contributed by atoms with E-state index in [1.165, 1.54) is 25.7 Å². The van der Waals surface area contributed by atoms with Crippen LogP contribution in [0, 0.1) is 6.42 Å². The molecule has 11 heavy (non-hydrogen) atoms. The molecular formula is C10H13S. The quantitative estimate of drug-likeness (QED) is 0.596. The van der Waals surface area contributed by atoms with E-state index in [9.17, 15) is 0 Å². The fraction of sp³-hybridized carbons (Fsp3) is 0.500. The average Bonchev–Trinajstić information content (AvgIpc) is 2.58. The maximum absolute atomic E-state index is 2.42. The van der Waals surface area contributed by atoms with Crippen LogP contribution in [0.4, 0.5) is 0 Å². The van der Waals surface area contributed by atoms with Crippen molar-refractivity contribution < 1.29 is 0 Å². The zero-order valence-electron chi connectivity index (χ0n) is 6.62. The van der Waals surface area contributed by atoms with E-state index in [1.807, 2.05) is 11.3 Å². The molecule has 1 radical (unpaired) electrons. The number of rotatable bonds is 1.